The predicted molar refractivity (Wildman–Crippen MR) is 108 cm³/mol. The molecule has 0 aromatic carbocycles. The first-order chi connectivity index (χ1) is 15.9. The number of carbonyl (C=O) groups excluding carboxylic acids is 1. The van der Waals surface area contributed by atoms with Crippen LogP contribution < -0.4 is 11.1 Å². The fourth-order valence-corrected chi connectivity index (χ4v) is 3.41. The van der Waals surface area contributed by atoms with Gasteiger partial charge in [-0.2, -0.15) is 41.4 Å². The number of anilines is 2. The van der Waals surface area contributed by atoms with E-state index in [1.807, 2.05) is 0 Å². The summed E-state index contributed by atoms with van der Waals surface area (Å²) in [4.78, 5) is 27.6. The number of fused-ring (bicyclic) bond motifs is 1. The summed E-state index contributed by atoms with van der Waals surface area (Å²) in [6.45, 7) is -0.148. The lowest BCUT2D eigenvalue weighted by molar-refractivity contribution is -0.287. The SMILES string of the molecule is C[C@H](Nc1nc(N)n2nc(-c3ccco3)nc2n1)C(=O)N1CCN(CC(F)(F)C(F)(F)F)CC1. The fraction of sp³-hybridized carbons (Fsp3) is 0.500. The van der Waals surface area contributed by atoms with Crippen LogP contribution in [0.15, 0.2) is 22.8 Å². The molecule has 0 aliphatic carbocycles. The maximum absolute atomic E-state index is 13.3. The average molecular weight is 489 g/mol. The highest BCUT2D eigenvalue weighted by Gasteiger charge is 2.58. The maximum Gasteiger partial charge on any atom is 0.454 e. The zero-order valence-electron chi connectivity index (χ0n) is 17.8. The number of hydrogen-bond acceptors (Lipinski definition) is 9. The Morgan fingerprint density at radius 2 is 1.88 bits per heavy atom. The third kappa shape index (κ3) is 4.71. The predicted octanol–water partition coefficient (Wildman–Crippen LogP) is 1.50. The van der Waals surface area contributed by atoms with Crippen LogP contribution in [0.25, 0.3) is 17.4 Å². The van der Waals surface area contributed by atoms with E-state index in [4.69, 9.17) is 10.2 Å². The Balaban J connectivity index is 1.37. The van der Waals surface area contributed by atoms with E-state index < -0.39 is 30.6 Å². The van der Waals surface area contributed by atoms with Crippen molar-refractivity contribution in [3.8, 4) is 11.6 Å². The van der Waals surface area contributed by atoms with E-state index in [0.29, 0.717) is 5.76 Å². The molecule has 0 radical (unpaired) electrons. The highest BCUT2D eigenvalue weighted by molar-refractivity contribution is 5.84. The number of carbonyl (C=O) groups is 1. The Morgan fingerprint density at radius 3 is 2.50 bits per heavy atom. The molecule has 11 nitrogen and oxygen atoms in total. The van der Waals surface area contributed by atoms with Crippen LogP contribution in [0.2, 0.25) is 0 Å². The lowest BCUT2D eigenvalue weighted by Crippen LogP contribution is -2.56. The zero-order valence-corrected chi connectivity index (χ0v) is 17.8. The first-order valence-corrected chi connectivity index (χ1v) is 10.1. The molecule has 4 heterocycles. The lowest BCUT2D eigenvalue weighted by atomic mass is 10.2. The van der Waals surface area contributed by atoms with E-state index in [2.05, 4.69) is 25.4 Å². The summed E-state index contributed by atoms with van der Waals surface area (Å²) in [5.41, 5.74) is 5.91. The first kappa shape index (κ1) is 23.6. The number of hydrogen-bond donors (Lipinski definition) is 2. The van der Waals surface area contributed by atoms with Crippen molar-refractivity contribution < 1.29 is 31.2 Å². The van der Waals surface area contributed by atoms with Gasteiger partial charge < -0.3 is 20.4 Å². The molecule has 0 unspecified atom stereocenters. The molecule has 1 fully saturated rings. The van der Waals surface area contributed by atoms with E-state index >= 15 is 0 Å². The number of nitrogen functional groups attached to an aromatic ring is 1. The van der Waals surface area contributed by atoms with Gasteiger partial charge in [0.2, 0.25) is 23.6 Å². The molecule has 0 bridgehead atoms. The van der Waals surface area contributed by atoms with E-state index in [1.54, 1.807) is 12.1 Å². The summed E-state index contributed by atoms with van der Waals surface area (Å²) in [5, 5.41) is 6.97. The van der Waals surface area contributed by atoms with Crippen molar-refractivity contribution in [1.82, 2.24) is 34.4 Å². The average Bonchev–Trinajstić information content (AvgIpc) is 3.42. The normalized spacial score (nSPS) is 16.7. The van der Waals surface area contributed by atoms with Gasteiger partial charge in [-0.25, -0.2) is 0 Å². The monoisotopic (exact) mass is 489 g/mol. The van der Waals surface area contributed by atoms with Crippen molar-refractivity contribution >= 4 is 23.6 Å². The van der Waals surface area contributed by atoms with Gasteiger partial charge in [0.1, 0.15) is 6.04 Å². The number of alkyl halides is 5. The molecule has 0 saturated carbocycles. The Kier molecular flexibility index (Phi) is 6.01. The standard InChI is InChI=1S/C18H20F5N9O2/c1-10(13(33)31-6-4-30(5-7-31)9-17(19,20)18(21,22)23)25-15-27-14(24)32-16(28-15)26-12(29-32)11-3-2-8-34-11/h2-3,8,10H,4-7,9H2,1H3,(H3,24,25,26,27,28,29)/t10-/m0/s1. The van der Waals surface area contributed by atoms with Gasteiger partial charge in [-0.05, 0) is 19.1 Å². The molecule has 3 N–H and O–H groups in total. The summed E-state index contributed by atoms with van der Waals surface area (Å²) in [6, 6.07) is 2.48. The summed E-state index contributed by atoms with van der Waals surface area (Å²) >= 11 is 0. The van der Waals surface area contributed by atoms with Gasteiger partial charge in [-0.3, -0.25) is 9.69 Å². The zero-order chi connectivity index (χ0) is 24.7. The minimum absolute atomic E-state index is 0.00247. The van der Waals surface area contributed by atoms with Gasteiger partial charge >= 0.3 is 12.1 Å². The number of piperazine rings is 1. The summed E-state index contributed by atoms with van der Waals surface area (Å²) in [5.74, 6) is -4.51. The van der Waals surface area contributed by atoms with Gasteiger partial charge in [0.25, 0.3) is 5.78 Å². The van der Waals surface area contributed by atoms with Crippen LogP contribution in [0, 0.1) is 0 Å². The second kappa shape index (κ2) is 8.66. The minimum Gasteiger partial charge on any atom is -0.461 e. The number of halogens is 5. The molecule has 184 valence electrons. The third-order valence-corrected chi connectivity index (χ3v) is 5.21. The van der Waals surface area contributed by atoms with E-state index in [0.717, 1.165) is 4.90 Å². The van der Waals surface area contributed by atoms with E-state index in [-0.39, 0.29) is 49.7 Å². The molecule has 1 saturated heterocycles. The molecule has 1 atom stereocenters. The van der Waals surface area contributed by atoms with Crippen LogP contribution in [-0.4, -0.2) is 91.1 Å². The molecule has 1 aliphatic rings. The number of furan rings is 1. The first-order valence-electron chi connectivity index (χ1n) is 10.1. The molecular formula is C18H20F5N9O2. The number of rotatable bonds is 6. The Labute approximate surface area is 188 Å². The van der Waals surface area contributed by atoms with Crippen molar-refractivity contribution in [2.24, 2.45) is 0 Å². The molecule has 3 aromatic heterocycles. The molecule has 1 aliphatic heterocycles. The van der Waals surface area contributed by atoms with Crippen LogP contribution in [0.4, 0.5) is 33.8 Å². The molecule has 34 heavy (non-hydrogen) atoms. The summed E-state index contributed by atoms with van der Waals surface area (Å²) in [7, 11) is 0. The van der Waals surface area contributed by atoms with Crippen LogP contribution in [-0.2, 0) is 4.79 Å². The number of nitrogens with zero attached hydrogens (tertiary/aromatic N) is 7. The second-order valence-corrected chi connectivity index (χ2v) is 7.70. The van der Waals surface area contributed by atoms with Gasteiger partial charge in [-0.15, -0.1) is 5.10 Å². The van der Waals surface area contributed by atoms with Crippen molar-refractivity contribution in [3.63, 3.8) is 0 Å². The Bertz CT molecular complexity index is 1160. The van der Waals surface area contributed by atoms with Crippen LogP contribution >= 0.6 is 0 Å². The van der Waals surface area contributed by atoms with Gasteiger partial charge in [0.15, 0.2) is 5.76 Å². The van der Waals surface area contributed by atoms with Gasteiger partial charge in [0, 0.05) is 26.2 Å². The van der Waals surface area contributed by atoms with Crippen molar-refractivity contribution in [3.05, 3.63) is 18.4 Å². The largest absolute Gasteiger partial charge is 0.461 e. The Hall–Kier alpha value is -3.56. The topological polar surface area (TPSA) is 131 Å². The van der Waals surface area contributed by atoms with Gasteiger partial charge in [0.05, 0.1) is 12.8 Å². The van der Waals surface area contributed by atoms with Crippen LogP contribution in [0.5, 0.6) is 0 Å². The number of aromatic nitrogens is 5. The minimum atomic E-state index is -5.62. The van der Waals surface area contributed by atoms with Gasteiger partial charge in [-0.1, -0.05) is 0 Å². The highest BCUT2D eigenvalue weighted by atomic mass is 19.4. The molecule has 3 aromatic rings. The van der Waals surface area contributed by atoms with Crippen molar-refractivity contribution in [2.45, 2.75) is 25.1 Å². The summed E-state index contributed by atoms with van der Waals surface area (Å²) < 4.78 is 70.2. The quantitative estimate of drug-likeness (QED) is 0.495. The van der Waals surface area contributed by atoms with E-state index in [9.17, 15) is 26.7 Å². The number of amides is 1. The maximum atomic E-state index is 13.3. The molecule has 1 amide bonds. The molecule has 16 heteroatoms. The lowest BCUT2D eigenvalue weighted by Gasteiger charge is -2.37. The van der Waals surface area contributed by atoms with Crippen LogP contribution in [0.1, 0.15) is 6.92 Å². The smallest absolute Gasteiger partial charge is 0.454 e. The molecule has 0 spiro atoms. The number of nitrogens with two attached hydrogens (primary N) is 1. The Morgan fingerprint density at radius 1 is 1.18 bits per heavy atom. The molecular weight excluding hydrogens is 469 g/mol. The highest BCUT2D eigenvalue weighted by Crippen LogP contribution is 2.36. The second-order valence-electron chi connectivity index (χ2n) is 7.70. The summed E-state index contributed by atoms with van der Waals surface area (Å²) in [6.07, 6.45) is -4.16. The van der Waals surface area contributed by atoms with Crippen molar-refractivity contribution in [1.29, 1.82) is 0 Å². The molecule has 4 rings (SSSR count). The van der Waals surface area contributed by atoms with Crippen LogP contribution in [0.3, 0.4) is 0 Å². The van der Waals surface area contributed by atoms with Crippen molar-refractivity contribution in [2.75, 3.05) is 43.8 Å². The third-order valence-electron chi connectivity index (χ3n) is 5.21. The fourth-order valence-electron chi connectivity index (χ4n) is 3.41. The van der Waals surface area contributed by atoms with E-state index in [1.165, 1.54) is 22.6 Å². The number of nitrogens with one attached hydrogen (secondary N) is 1.